The van der Waals surface area contributed by atoms with Crippen LogP contribution in [0, 0.1) is 11.6 Å². The molecule has 174 valence electrons. The molecular formula is C19H18F5N3O4S. The third-order valence-electron chi connectivity index (χ3n) is 4.15. The number of rotatable bonds is 8. The van der Waals surface area contributed by atoms with Crippen LogP contribution in [0.4, 0.5) is 27.6 Å². The minimum Gasteiger partial charge on any atom is -0.336 e. The lowest BCUT2D eigenvalue weighted by Gasteiger charge is -2.18. The Bertz CT molecular complexity index is 1110. The predicted octanol–water partition coefficient (Wildman–Crippen LogP) is 2.75. The summed E-state index contributed by atoms with van der Waals surface area (Å²) in [6.45, 7) is -0.996. The van der Waals surface area contributed by atoms with E-state index in [1.165, 1.54) is 13.1 Å². The second kappa shape index (κ2) is 10.0. The molecule has 2 aromatic rings. The van der Waals surface area contributed by atoms with E-state index >= 15 is 0 Å². The number of carbonyl (C=O) groups excluding carboxylic acids is 2. The minimum absolute atomic E-state index is 0.397. The van der Waals surface area contributed by atoms with Gasteiger partial charge in [-0.25, -0.2) is 21.9 Å². The van der Waals surface area contributed by atoms with Crippen molar-refractivity contribution in [3.63, 3.8) is 0 Å². The Balaban J connectivity index is 1.89. The SMILES string of the molecule is CN(CC(=O)Nc1ccccc1C(F)(F)F)C(=O)CCNS(=O)(=O)c1ccc(F)c(F)c1. The fraction of sp³-hybridized carbons (Fsp3) is 0.263. The highest BCUT2D eigenvalue weighted by atomic mass is 32.2. The van der Waals surface area contributed by atoms with Crippen molar-refractivity contribution in [1.29, 1.82) is 0 Å². The Morgan fingerprint density at radius 2 is 1.69 bits per heavy atom. The van der Waals surface area contributed by atoms with Crippen LogP contribution in [0.2, 0.25) is 0 Å². The molecule has 2 amide bonds. The maximum absolute atomic E-state index is 13.2. The van der Waals surface area contributed by atoms with Crippen LogP contribution in [0.5, 0.6) is 0 Å². The topological polar surface area (TPSA) is 95.6 Å². The van der Waals surface area contributed by atoms with E-state index in [0.717, 1.165) is 29.2 Å². The van der Waals surface area contributed by atoms with Gasteiger partial charge >= 0.3 is 6.18 Å². The summed E-state index contributed by atoms with van der Waals surface area (Å²) in [5.41, 5.74) is -1.51. The van der Waals surface area contributed by atoms with Crippen LogP contribution < -0.4 is 10.0 Å². The first-order valence-corrected chi connectivity index (χ1v) is 10.4. The highest BCUT2D eigenvalue weighted by Crippen LogP contribution is 2.34. The number of halogens is 5. The molecule has 0 heterocycles. The summed E-state index contributed by atoms with van der Waals surface area (Å²) in [7, 11) is -3.01. The Morgan fingerprint density at radius 3 is 2.31 bits per heavy atom. The molecule has 0 saturated heterocycles. The van der Waals surface area contributed by atoms with Crippen molar-refractivity contribution < 1.29 is 40.0 Å². The Hall–Kier alpha value is -3.06. The molecule has 0 saturated carbocycles. The lowest BCUT2D eigenvalue weighted by atomic mass is 10.1. The molecule has 2 aromatic carbocycles. The molecule has 0 aromatic heterocycles. The quantitative estimate of drug-likeness (QED) is 0.570. The Morgan fingerprint density at radius 1 is 1.03 bits per heavy atom. The predicted molar refractivity (Wildman–Crippen MR) is 104 cm³/mol. The average molecular weight is 479 g/mol. The van der Waals surface area contributed by atoms with Crippen LogP contribution >= 0.6 is 0 Å². The molecule has 0 aliphatic heterocycles. The smallest absolute Gasteiger partial charge is 0.336 e. The molecule has 7 nitrogen and oxygen atoms in total. The molecule has 32 heavy (non-hydrogen) atoms. The van der Waals surface area contributed by atoms with Gasteiger partial charge in [-0.2, -0.15) is 13.2 Å². The van der Waals surface area contributed by atoms with Crippen LogP contribution in [0.3, 0.4) is 0 Å². The van der Waals surface area contributed by atoms with Crippen LogP contribution in [-0.4, -0.2) is 45.3 Å². The van der Waals surface area contributed by atoms with Crippen molar-refractivity contribution in [2.24, 2.45) is 0 Å². The molecule has 2 rings (SSSR count). The summed E-state index contributed by atoms with van der Waals surface area (Å²) < 4.78 is 91.2. The number of benzene rings is 2. The minimum atomic E-state index is -4.68. The molecule has 0 bridgehead atoms. The molecule has 13 heteroatoms. The van der Waals surface area contributed by atoms with Gasteiger partial charge in [-0.3, -0.25) is 9.59 Å². The highest BCUT2D eigenvalue weighted by Gasteiger charge is 2.33. The molecule has 0 unspecified atom stereocenters. The normalized spacial score (nSPS) is 11.8. The number of para-hydroxylation sites is 1. The number of carbonyl (C=O) groups is 2. The molecule has 0 fully saturated rings. The molecular weight excluding hydrogens is 461 g/mol. The number of likely N-dealkylation sites (N-methyl/N-ethyl adjacent to an activating group) is 1. The highest BCUT2D eigenvalue weighted by molar-refractivity contribution is 7.89. The van der Waals surface area contributed by atoms with Gasteiger partial charge in [-0.05, 0) is 30.3 Å². The standard InChI is InChI=1S/C19H18F5N3O4S/c1-27(11-17(28)26-16-5-3-2-4-13(16)19(22,23)24)18(29)8-9-25-32(30,31)12-6-7-14(20)15(21)10-12/h2-7,10,25H,8-9,11H2,1H3,(H,26,28). The summed E-state index contributed by atoms with van der Waals surface area (Å²) >= 11 is 0. The van der Waals surface area contributed by atoms with Gasteiger partial charge in [-0.15, -0.1) is 0 Å². The van der Waals surface area contributed by atoms with Crippen molar-refractivity contribution in [2.75, 3.05) is 25.5 Å². The third kappa shape index (κ3) is 6.72. The summed E-state index contributed by atoms with van der Waals surface area (Å²) in [5, 5.41) is 2.08. The van der Waals surface area contributed by atoms with E-state index in [1.807, 2.05) is 4.72 Å². The fourth-order valence-corrected chi connectivity index (χ4v) is 3.59. The van der Waals surface area contributed by atoms with Gasteiger partial charge in [0.1, 0.15) is 0 Å². The summed E-state index contributed by atoms with van der Waals surface area (Å²) in [5.74, 6) is -4.16. The average Bonchev–Trinajstić information content (AvgIpc) is 2.69. The van der Waals surface area contributed by atoms with Gasteiger partial charge in [-0.1, -0.05) is 12.1 Å². The van der Waals surface area contributed by atoms with Crippen LogP contribution in [0.1, 0.15) is 12.0 Å². The zero-order valence-corrected chi connectivity index (χ0v) is 17.4. The monoisotopic (exact) mass is 479 g/mol. The zero-order chi connectivity index (χ0) is 24.1. The lowest BCUT2D eigenvalue weighted by molar-refractivity contribution is -0.137. The summed E-state index contributed by atoms with van der Waals surface area (Å²) in [6.07, 6.45) is -5.08. The second-order valence-electron chi connectivity index (χ2n) is 6.57. The van der Waals surface area contributed by atoms with Gasteiger partial charge < -0.3 is 10.2 Å². The number of nitrogens with one attached hydrogen (secondary N) is 2. The van der Waals surface area contributed by atoms with Crippen molar-refractivity contribution >= 4 is 27.5 Å². The van der Waals surface area contributed by atoms with Crippen molar-refractivity contribution in [1.82, 2.24) is 9.62 Å². The van der Waals surface area contributed by atoms with Crippen molar-refractivity contribution in [3.05, 3.63) is 59.7 Å². The first kappa shape index (κ1) is 25.2. The number of nitrogens with zero attached hydrogens (tertiary/aromatic N) is 1. The van der Waals surface area contributed by atoms with E-state index in [0.29, 0.717) is 12.1 Å². The number of hydrogen-bond acceptors (Lipinski definition) is 4. The summed E-state index contributed by atoms with van der Waals surface area (Å²) in [6, 6.07) is 6.29. The zero-order valence-electron chi connectivity index (χ0n) is 16.5. The molecule has 0 radical (unpaired) electrons. The van der Waals surface area contributed by atoms with Crippen LogP contribution in [-0.2, 0) is 25.8 Å². The van der Waals surface area contributed by atoms with Gasteiger partial charge in [0.15, 0.2) is 11.6 Å². The first-order chi connectivity index (χ1) is 14.8. The van der Waals surface area contributed by atoms with E-state index in [2.05, 4.69) is 5.32 Å². The maximum atomic E-state index is 13.2. The molecule has 2 N–H and O–H groups in total. The van der Waals surface area contributed by atoms with Gasteiger partial charge in [0.25, 0.3) is 0 Å². The van der Waals surface area contributed by atoms with Gasteiger partial charge in [0, 0.05) is 20.0 Å². The largest absolute Gasteiger partial charge is 0.418 e. The number of amides is 2. The van der Waals surface area contributed by atoms with Crippen molar-refractivity contribution in [3.8, 4) is 0 Å². The third-order valence-corrected chi connectivity index (χ3v) is 5.60. The van der Waals surface area contributed by atoms with E-state index in [1.54, 1.807) is 0 Å². The fourth-order valence-electron chi connectivity index (χ4n) is 2.54. The first-order valence-electron chi connectivity index (χ1n) is 8.96. The summed E-state index contributed by atoms with van der Waals surface area (Å²) in [4.78, 5) is 24.5. The number of alkyl halides is 3. The van der Waals surface area contributed by atoms with E-state index < -0.39 is 75.3 Å². The van der Waals surface area contributed by atoms with E-state index in [4.69, 9.17) is 0 Å². The van der Waals surface area contributed by atoms with Crippen LogP contribution in [0.15, 0.2) is 47.4 Å². The Kier molecular flexibility index (Phi) is 7.91. The molecule has 0 aliphatic carbocycles. The number of sulfonamides is 1. The van der Waals surface area contributed by atoms with Crippen molar-refractivity contribution in [2.45, 2.75) is 17.5 Å². The second-order valence-corrected chi connectivity index (χ2v) is 8.33. The number of hydrogen-bond donors (Lipinski definition) is 2. The Labute approximate surface area is 180 Å². The van der Waals surface area contributed by atoms with E-state index in [-0.39, 0.29) is 0 Å². The van der Waals surface area contributed by atoms with Gasteiger partial charge in [0.2, 0.25) is 21.8 Å². The van der Waals surface area contributed by atoms with Gasteiger partial charge in [0.05, 0.1) is 22.7 Å². The number of anilines is 1. The molecule has 0 aliphatic rings. The van der Waals surface area contributed by atoms with E-state index in [9.17, 15) is 40.0 Å². The molecule has 0 spiro atoms. The maximum Gasteiger partial charge on any atom is 0.418 e. The molecule has 0 atom stereocenters. The van der Waals surface area contributed by atoms with Crippen LogP contribution in [0.25, 0.3) is 0 Å². The lowest BCUT2D eigenvalue weighted by Crippen LogP contribution is -2.37.